The van der Waals surface area contributed by atoms with Gasteiger partial charge >= 0.3 is 0 Å². The topological polar surface area (TPSA) is 71.3 Å². The molecule has 0 fully saturated rings. The number of rotatable bonds is 0. The van der Waals surface area contributed by atoms with E-state index in [1.165, 1.54) is 5.56 Å². The number of benzene rings is 1. The van der Waals surface area contributed by atoms with Gasteiger partial charge < -0.3 is 10.6 Å². The SMILES string of the molecule is CC1CCc2cccc(c2)-c2cnn3ccc(nc23)NCCNC1=O. The predicted octanol–water partition coefficient (Wildman–Crippen LogP) is 2.51. The predicted molar refractivity (Wildman–Crippen MR) is 97.4 cm³/mol. The molecule has 0 aliphatic carbocycles. The van der Waals surface area contributed by atoms with Gasteiger partial charge in [-0.15, -0.1) is 0 Å². The zero-order chi connectivity index (χ0) is 17.2. The minimum Gasteiger partial charge on any atom is -0.368 e. The molecule has 0 radical (unpaired) electrons. The standard InChI is InChI=1S/C19H21N5O/c1-13-5-6-14-3-2-4-15(11-14)16-12-22-24-10-7-17(23-18(16)24)20-8-9-21-19(13)25/h2-4,7,10-13H,5-6,8-9H2,1H3,(H,20,23)(H,21,25). The molecule has 4 rings (SSSR count). The molecule has 6 heteroatoms. The van der Waals surface area contributed by atoms with Gasteiger partial charge in [-0.3, -0.25) is 4.79 Å². The highest BCUT2D eigenvalue weighted by Gasteiger charge is 2.14. The Labute approximate surface area is 146 Å². The average molecular weight is 335 g/mol. The third-order valence-corrected chi connectivity index (χ3v) is 4.65. The van der Waals surface area contributed by atoms with Crippen LogP contribution < -0.4 is 10.6 Å². The second-order valence-corrected chi connectivity index (χ2v) is 6.50. The van der Waals surface area contributed by atoms with Gasteiger partial charge in [-0.2, -0.15) is 5.10 Å². The second kappa shape index (κ2) is 6.55. The van der Waals surface area contributed by atoms with Crippen LogP contribution in [0.1, 0.15) is 18.9 Å². The van der Waals surface area contributed by atoms with E-state index in [-0.39, 0.29) is 11.8 Å². The Hall–Kier alpha value is -2.89. The van der Waals surface area contributed by atoms with Gasteiger partial charge in [0.2, 0.25) is 5.91 Å². The lowest BCUT2D eigenvalue weighted by molar-refractivity contribution is -0.124. The molecular formula is C19H21N5O. The van der Waals surface area contributed by atoms with Gasteiger partial charge in [0.1, 0.15) is 5.82 Å². The van der Waals surface area contributed by atoms with Crippen molar-refractivity contribution in [2.24, 2.45) is 5.92 Å². The minimum atomic E-state index is -0.00388. The van der Waals surface area contributed by atoms with Crippen LogP contribution in [0.5, 0.6) is 0 Å². The van der Waals surface area contributed by atoms with Crippen molar-refractivity contribution in [3.05, 3.63) is 48.3 Å². The van der Waals surface area contributed by atoms with Crippen LogP contribution in [0.25, 0.3) is 16.8 Å². The molecule has 3 heterocycles. The second-order valence-electron chi connectivity index (χ2n) is 6.50. The van der Waals surface area contributed by atoms with E-state index in [4.69, 9.17) is 4.98 Å². The summed E-state index contributed by atoms with van der Waals surface area (Å²) in [5.41, 5.74) is 4.17. The van der Waals surface area contributed by atoms with Crippen LogP contribution in [-0.2, 0) is 11.2 Å². The normalized spacial score (nSPS) is 18.3. The van der Waals surface area contributed by atoms with Crippen LogP contribution in [0.15, 0.2) is 42.7 Å². The molecule has 3 aromatic rings. The maximum Gasteiger partial charge on any atom is 0.222 e. The molecule has 2 aromatic heterocycles. The Balaban J connectivity index is 1.77. The molecular weight excluding hydrogens is 314 g/mol. The molecule has 1 unspecified atom stereocenters. The summed E-state index contributed by atoms with van der Waals surface area (Å²) in [7, 11) is 0. The van der Waals surface area contributed by atoms with Crippen molar-refractivity contribution in [1.82, 2.24) is 19.9 Å². The van der Waals surface area contributed by atoms with E-state index in [0.29, 0.717) is 13.1 Å². The number of aryl methyl sites for hydroxylation is 1. The van der Waals surface area contributed by atoms with E-state index in [1.54, 1.807) is 4.52 Å². The van der Waals surface area contributed by atoms with Crippen molar-refractivity contribution >= 4 is 17.4 Å². The van der Waals surface area contributed by atoms with Crippen LogP contribution in [0.3, 0.4) is 0 Å². The molecule has 1 aliphatic rings. The summed E-state index contributed by atoms with van der Waals surface area (Å²) in [5.74, 6) is 0.881. The molecule has 1 aromatic carbocycles. The van der Waals surface area contributed by atoms with Crippen molar-refractivity contribution in [1.29, 1.82) is 0 Å². The number of hydrogen-bond acceptors (Lipinski definition) is 4. The summed E-state index contributed by atoms with van der Waals surface area (Å²) in [6, 6.07) is 10.3. The molecule has 2 N–H and O–H groups in total. The van der Waals surface area contributed by atoms with Crippen molar-refractivity contribution in [3.63, 3.8) is 0 Å². The zero-order valence-corrected chi connectivity index (χ0v) is 14.2. The van der Waals surface area contributed by atoms with E-state index >= 15 is 0 Å². The summed E-state index contributed by atoms with van der Waals surface area (Å²) >= 11 is 0. The average Bonchev–Trinajstić information content (AvgIpc) is 3.06. The molecule has 0 saturated carbocycles. The Kier molecular flexibility index (Phi) is 4.09. The molecule has 6 nitrogen and oxygen atoms in total. The van der Waals surface area contributed by atoms with E-state index in [9.17, 15) is 4.79 Å². The van der Waals surface area contributed by atoms with Crippen molar-refractivity contribution in [2.75, 3.05) is 18.4 Å². The number of hydrogen-bond donors (Lipinski definition) is 2. The van der Waals surface area contributed by atoms with Crippen LogP contribution >= 0.6 is 0 Å². The van der Waals surface area contributed by atoms with Crippen molar-refractivity contribution < 1.29 is 4.79 Å². The van der Waals surface area contributed by atoms with Gasteiger partial charge in [0.05, 0.1) is 6.20 Å². The summed E-state index contributed by atoms with van der Waals surface area (Å²) in [6.07, 6.45) is 5.46. The van der Waals surface area contributed by atoms with Crippen molar-refractivity contribution in [2.45, 2.75) is 19.8 Å². The number of anilines is 1. The third kappa shape index (κ3) is 3.20. The largest absolute Gasteiger partial charge is 0.368 e. The van der Waals surface area contributed by atoms with Gasteiger partial charge in [0.25, 0.3) is 0 Å². The Morgan fingerprint density at radius 1 is 1.20 bits per heavy atom. The first-order chi connectivity index (χ1) is 12.2. The van der Waals surface area contributed by atoms with Crippen LogP contribution in [0, 0.1) is 5.92 Å². The highest BCUT2D eigenvalue weighted by Crippen LogP contribution is 2.25. The lowest BCUT2D eigenvalue weighted by atomic mass is 9.98. The number of aromatic nitrogens is 3. The summed E-state index contributed by atoms with van der Waals surface area (Å²) in [4.78, 5) is 16.9. The molecule has 0 saturated heterocycles. The number of carbonyl (C=O) groups is 1. The number of amides is 1. The summed E-state index contributed by atoms with van der Waals surface area (Å²) in [6.45, 7) is 3.20. The smallest absolute Gasteiger partial charge is 0.222 e. The molecule has 1 amide bonds. The van der Waals surface area contributed by atoms with Gasteiger partial charge in [0, 0.05) is 30.8 Å². The molecule has 1 atom stereocenters. The quantitative estimate of drug-likeness (QED) is 0.662. The Morgan fingerprint density at radius 3 is 3.00 bits per heavy atom. The molecule has 4 bridgehead atoms. The minimum absolute atomic E-state index is 0.00388. The summed E-state index contributed by atoms with van der Waals surface area (Å²) in [5, 5.41) is 10.7. The Morgan fingerprint density at radius 2 is 2.08 bits per heavy atom. The highest BCUT2D eigenvalue weighted by atomic mass is 16.1. The fourth-order valence-corrected chi connectivity index (χ4v) is 3.13. The first-order valence-electron chi connectivity index (χ1n) is 8.66. The van der Waals surface area contributed by atoms with Gasteiger partial charge in [-0.1, -0.05) is 31.2 Å². The van der Waals surface area contributed by atoms with Crippen LogP contribution in [-0.4, -0.2) is 33.6 Å². The highest BCUT2D eigenvalue weighted by molar-refractivity contribution is 5.79. The van der Waals surface area contributed by atoms with E-state index in [0.717, 1.165) is 35.4 Å². The van der Waals surface area contributed by atoms with Gasteiger partial charge in [-0.05, 0) is 30.0 Å². The van der Waals surface area contributed by atoms with E-state index in [1.807, 2.05) is 25.4 Å². The summed E-state index contributed by atoms with van der Waals surface area (Å²) < 4.78 is 1.79. The monoisotopic (exact) mass is 335 g/mol. The lowest BCUT2D eigenvalue weighted by Gasteiger charge is -2.12. The maximum atomic E-state index is 12.2. The zero-order valence-electron chi connectivity index (χ0n) is 14.2. The van der Waals surface area contributed by atoms with Crippen LogP contribution in [0.2, 0.25) is 0 Å². The third-order valence-electron chi connectivity index (χ3n) is 4.65. The maximum absolute atomic E-state index is 12.2. The number of nitrogens with zero attached hydrogens (tertiary/aromatic N) is 3. The first kappa shape index (κ1) is 15.6. The fourth-order valence-electron chi connectivity index (χ4n) is 3.13. The van der Waals surface area contributed by atoms with Crippen LogP contribution in [0.4, 0.5) is 5.82 Å². The molecule has 128 valence electrons. The van der Waals surface area contributed by atoms with E-state index < -0.39 is 0 Å². The van der Waals surface area contributed by atoms with Gasteiger partial charge in [-0.25, -0.2) is 9.50 Å². The lowest BCUT2D eigenvalue weighted by Crippen LogP contribution is -2.33. The molecule has 25 heavy (non-hydrogen) atoms. The number of carbonyl (C=O) groups excluding carboxylic acids is 1. The van der Waals surface area contributed by atoms with Gasteiger partial charge in [0.15, 0.2) is 5.65 Å². The molecule has 1 aliphatic heterocycles. The fraction of sp³-hybridized carbons (Fsp3) is 0.316. The van der Waals surface area contributed by atoms with E-state index in [2.05, 4.69) is 40.0 Å². The van der Waals surface area contributed by atoms with Crippen molar-refractivity contribution in [3.8, 4) is 11.1 Å². The Bertz CT molecular complexity index is 917. The molecule has 0 spiro atoms. The first-order valence-corrected chi connectivity index (χ1v) is 8.66. The number of nitrogens with one attached hydrogen (secondary N) is 2. The number of fused-ring (bicyclic) bond motifs is 4.